The number of hydrogen-bond acceptors (Lipinski definition) is 3. The normalized spacial score (nSPS) is 14.4. The van der Waals surface area contributed by atoms with E-state index in [9.17, 15) is 4.79 Å². The summed E-state index contributed by atoms with van der Waals surface area (Å²) in [5, 5.41) is 2.91. The van der Waals surface area contributed by atoms with E-state index in [4.69, 9.17) is 4.42 Å². The van der Waals surface area contributed by atoms with E-state index in [1.807, 2.05) is 6.07 Å². The number of nitrogens with one attached hydrogen (secondary N) is 1. The van der Waals surface area contributed by atoms with Crippen LogP contribution in [-0.2, 0) is 24.3 Å². The molecule has 1 aliphatic rings. The van der Waals surface area contributed by atoms with E-state index >= 15 is 0 Å². The highest BCUT2D eigenvalue weighted by atomic mass is 16.3. The van der Waals surface area contributed by atoms with Gasteiger partial charge < -0.3 is 9.73 Å². The van der Waals surface area contributed by atoms with Gasteiger partial charge in [0.1, 0.15) is 5.76 Å². The molecule has 19 heavy (non-hydrogen) atoms. The third-order valence-electron chi connectivity index (χ3n) is 3.29. The van der Waals surface area contributed by atoms with Gasteiger partial charge in [0.05, 0.1) is 12.7 Å². The first kappa shape index (κ1) is 12.0. The summed E-state index contributed by atoms with van der Waals surface area (Å²) in [6, 6.07) is 9.68. The number of anilines is 1. The molecule has 0 fully saturated rings. The van der Waals surface area contributed by atoms with Crippen LogP contribution in [0.1, 0.15) is 16.9 Å². The molecule has 3 rings (SSSR count). The second-order valence-corrected chi connectivity index (χ2v) is 4.96. The molecule has 0 radical (unpaired) electrons. The van der Waals surface area contributed by atoms with Crippen molar-refractivity contribution in [1.82, 2.24) is 4.90 Å². The number of benzene rings is 1. The highest BCUT2D eigenvalue weighted by Crippen LogP contribution is 2.24. The van der Waals surface area contributed by atoms with Crippen molar-refractivity contribution in [1.29, 1.82) is 0 Å². The lowest BCUT2D eigenvalue weighted by molar-refractivity contribution is -0.115. The number of amides is 1. The van der Waals surface area contributed by atoms with Crippen molar-refractivity contribution in [2.24, 2.45) is 0 Å². The van der Waals surface area contributed by atoms with Crippen molar-refractivity contribution >= 4 is 11.6 Å². The maximum atomic E-state index is 11.9. The van der Waals surface area contributed by atoms with Crippen LogP contribution < -0.4 is 5.32 Å². The Morgan fingerprint density at radius 1 is 1.32 bits per heavy atom. The Labute approximate surface area is 112 Å². The number of fused-ring (bicyclic) bond motifs is 1. The summed E-state index contributed by atoms with van der Waals surface area (Å²) in [7, 11) is 2.09. The van der Waals surface area contributed by atoms with E-state index in [0.29, 0.717) is 5.76 Å². The first-order valence-corrected chi connectivity index (χ1v) is 6.33. The van der Waals surface area contributed by atoms with Crippen molar-refractivity contribution in [3.05, 3.63) is 53.5 Å². The largest absolute Gasteiger partial charge is 0.469 e. The van der Waals surface area contributed by atoms with E-state index in [0.717, 1.165) is 18.8 Å². The maximum Gasteiger partial charge on any atom is 0.231 e. The molecule has 1 N–H and O–H groups in total. The van der Waals surface area contributed by atoms with Crippen molar-refractivity contribution in [2.75, 3.05) is 12.4 Å². The summed E-state index contributed by atoms with van der Waals surface area (Å²) in [6.45, 7) is 1.92. The van der Waals surface area contributed by atoms with Gasteiger partial charge in [-0.05, 0) is 42.4 Å². The van der Waals surface area contributed by atoms with Gasteiger partial charge in [-0.15, -0.1) is 0 Å². The predicted molar refractivity (Wildman–Crippen MR) is 72.7 cm³/mol. The molecule has 1 amide bonds. The fraction of sp³-hybridized carbons (Fsp3) is 0.267. The number of hydrogen-bond donors (Lipinski definition) is 1. The Bertz CT molecular complexity index is 590. The average molecular weight is 256 g/mol. The van der Waals surface area contributed by atoms with Crippen LogP contribution >= 0.6 is 0 Å². The smallest absolute Gasteiger partial charge is 0.231 e. The summed E-state index contributed by atoms with van der Waals surface area (Å²) in [5.74, 6) is 0.625. The minimum Gasteiger partial charge on any atom is -0.469 e. The van der Waals surface area contributed by atoms with Gasteiger partial charge >= 0.3 is 0 Å². The lowest BCUT2D eigenvalue weighted by Crippen LogP contribution is -2.14. The second kappa shape index (κ2) is 4.90. The van der Waals surface area contributed by atoms with Gasteiger partial charge in [-0.25, -0.2) is 0 Å². The number of nitrogens with zero attached hydrogens (tertiary/aromatic N) is 1. The van der Waals surface area contributed by atoms with Crippen LogP contribution in [0.15, 0.2) is 41.0 Å². The van der Waals surface area contributed by atoms with Gasteiger partial charge in [0.2, 0.25) is 5.91 Å². The van der Waals surface area contributed by atoms with Crippen LogP contribution in [0.5, 0.6) is 0 Å². The fourth-order valence-electron chi connectivity index (χ4n) is 2.42. The van der Waals surface area contributed by atoms with Crippen LogP contribution in [0.4, 0.5) is 5.69 Å². The van der Waals surface area contributed by atoms with Crippen molar-refractivity contribution in [3.8, 4) is 0 Å². The zero-order chi connectivity index (χ0) is 13.2. The third kappa shape index (κ3) is 2.69. The van der Waals surface area contributed by atoms with Crippen LogP contribution in [0.2, 0.25) is 0 Å². The fourth-order valence-corrected chi connectivity index (χ4v) is 2.42. The van der Waals surface area contributed by atoms with E-state index < -0.39 is 0 Å². The Hall–Kier alpha value is -2.07. The van der Waals surface area contributed by atoms with E-state index in [1.165, 1.54) is 11.1 Å². The van der Waals surface area contributed by atoms with Gasteiger partial charge in [0, 0.05) is 18.8 Å². The maximum absolute atomic E-state index is 11.9. The molecule has 2 aromatic rings. The number of carbonyl (C=O) groups excluding carboxylic acids is 1. The van der Waals surface area contributed by atoms with Crippen molar-refractivity contribution in [3.63, 3.8) is 0 Å². The van der Waals surface area contributed by atoms with Gasteiger partial charge in [0.15, 0.2) is 0 Å². The van der Waals surface area contributed by atoms with Crippen LogP contribution in [-0.4, -0.2) is 17.9 Å². The molecule has 98 valence electrons. The Kier molecular flexibility index (Phi) is 3.09. The van der Waals surface area contributed by atoms with E-state index in [2.05, 4.69) is 29.4 Å². The topological polar surface area (TPSA) is 45.5 Å². The third-order valence-corrected chi connectivity index (χ3v) is 3.29. The zero-order valence-electron chi connectivity index (χ0n) is 10.8. The summed E-state index contributed by atoms with van der Waals surface area (Å²) in [4.78, 5) is 14.1. The summed E-state index contributed by atoms with van der Waals surface area (Å²) in [5.41, 5.74) is 3.48. The van der Waals surface area contributed by atoms with Gasteiger partial charge in [-0.2, -0.15) is 0 Å². The molecule has 4 heteroatoms. The molecular weight excluding hydrogens is 240 g/mol. The predicted octanol–water partition coefficient (Wildman–Crippen LogP) is 2.41. The average Bonchev–Trinajstić information content (AvgIpc) is 2.96. The minimum atomic E-state index is -0.0544. The first-order valence-electron chi connectivity index (χ1n) is 6.33. The molecule has 4 nitrogen and oxygen atoms in total. The number of furan rings is 1. The Morgan fingerprint density at radius 3 is 2.95 bits per heavy atom. The molecule has 1 aromatic carbocycles. The molecule has 0 saturated carbocycles. The highest BCUT2D eigenvalue weighted by Gasteiger charge is 2.16. The van der Waals surface area contributed by atoms with E-state index in [-0.39, 0.29) is 12.3 Å². The molecule has 1 aliphatic heterocycles. The quantitative estimate of drug-likeness (QED) is 0.917. The van der Waals surface area contributed by atoms with Crippen LogP contribution in [0.3, 0.4) is 0 Å². The molecule has 0 aliphatic carbocycles. The molecule has 0 saturated heterocycles. The number of rotatable bonds is 3. The molecule has 0 atom stereocenters. The van der Waals surface area contributed by atoms with Crippen molar-refractivity contribution in [2.45, 2.75) is 19.5 Å². The molecule has 1 aromatic heterocycles. The zero-order valence-corrected chi connectivity index (χ0v) is 10.8. The monoisotopic (exact) mass is 256 g/mol. The summed E-state index contributed by atoms with van der Waals surface area (Å²) in [6.07, 6.45) is 1.85. The second-order valence-electron chi connectivity index (χ2n) is 4.96. The Morgan fingerprint density at radius 2 is 2.16 bits per heavy atom. The molecule has 2 heterocycles. The minimum absolute atomic E-state index is 0.0544. The first-order chi connectivity index (χ1) is 9.20. The molecular formula is C15H16N2O2. The van der Waals surface area contributed by atoms with Crippen LogP contribution in [0, 0.1) is 0 Å². The SMILES string of the molecule is CN1Cc2ccc(NC(=O)Cc3ccco3)cc2C1. The lowest BCUT2D eigenvalue weighted by atomic mass is 10.1. The highest BCUT2D eigenvalue weighted by molar-refractivity contribution is 5.92. The van der Waals surface area contributed by atoms with Crippen molar-refractivity contribution < 1.29 is 9.21 Å². The van der Waals surface area contributed by atoms with Gasteiger partial charge in [-0.1, -0.05) is 6.07 Å². The van der Waals surface area contributed by atoms with Crippen LogP contribution in [0.25, 0.3) is 0 Å². The van der Waals surface area contributed by atoms with Gasteiger partial charge in [-0.3, -0.25) is 9.69 Å². The summed E-state index contributed by atoms with van der Waals surface area (Å²) >= 11 is 0. The van der Waals surface area contributed by atoms with E-state index in [1.54, 1.807) is 18.4 Å². The summed E-state index contributed by atoms with van der Waals surface area (Å²) < 4.78 is 5.16. The standard InChI is InChI=1S/C15H16N2O2/c1-17-9-11-4-5-13(7-12(11)10-17)16-15(18)8-14-3-2-6-19-14/h2-7H,8-10H2,1H3,(H,16,18). The molecule has 0 unspecified atom stereocenters. The number of carbonyl (C=O) groups is 1. The molecule has 0 bridgehead atoms. The lowest BCUT2D eigenvalue weighted by Gasteiger charge is -2.06. The van der Waals surface area contributed by atoms with Gasteiger partial charge in [0.25, 0.3) is 0 Å². The molecule has 0 spiro atoms. The Balaban J connectivity index is 1.67.